The van der Waals surface area contributed by atoms with Crippen LogP contribution in [0, 0.1) is 28.1 Å². The number of urea groups is 1. The highest BCUT2D eigenvalue weighted by Crippen LogP contribution is 2.65. The lowest BCUT2D eigenvalue weighted by atomic mass is 9.85. The van der Waals surface area contributed by atoms with E-state index in [4.69, 9.17) is 0 Å². The Balaban J connectivity index is 1.53. The molecule has 2 aliphatic heterocycles. The molecule has 1 aromatic heterocycles. The third kappa shape index (κ3) is 8.51. The third-order valence-electron chi connectivity index (χ3n) is 10.6. The first kappa shape index (κ1) is 40.5. The Bertz CT molecular complexity index is 1640. The van der Waals surface area contributed by atoms with E-state index in [0.29, 0.717) is 17.9 Å². The van der Waals surface area contributed by atoms with Crippen LogP contribution in [0.1, 0.15) is 86.5 Å². The number of carbonyl (C=O) groups is 5. The molecule has 5 amide bonds. The van der Waals surface area contributed by atoms with Crippen LogP contribution in [-0.4, -0.2) is 91.0 Å². The van der Waals surface area contributed by atoms with E-state index in [1.165, 1.54) is 26.6 Å². The molecular formula is C36H56N6O7S2. The Morgan fingerprint density at radius 3 is 2.29 bits per heavy atom. The number of ketones is 1. The summed E-state index contributed by atoms with van der Waals surface area (Å²) in [5, 5.41) is 12.9. The SMILES string of the molecule is C=CCNC(=O)C(=O)C(CCCC)NC(=O)C1[C@@H]2[C@H](CN1C(=O)[C@@H](NC(=O)N[C@H](CN1Cc3sccc3S1(=O)=O)C(C)(C)C)C(C)(C)C)C2(C)C. The standard InChI is InChI=1S/C36H56N6O7S2/c1-11-13-14-22(28(43)31(45)37-16-12-2)38-30(44)27-26-21(36(26,9)10)18-42(27)32(46)29(35(6,7)8)40-33(47)39-25(34(3,4)5)20-41-19-23-24(15-17-50-23)51(41,48)49/h12,15,17,21-22,25-27,29H,2,11,13-14,16,18-20H2,1,3-10H3,(H,37,45)(H,38,44)(H2,39,40,47)/t21-,22?,25+,26-,27?,29+/m0/s1. The van der Waals surface area contributed by atoms with Crippen molar-refractivity contribution in [1.82, 2.24) is 30.5 Å². The minimum atomic E-state index is -3.69. The van der Waals surface area contributed by atoms with E-state index in [1.807, 2.05) is 62.3 Å². The number of rotatable bonds is 14. The topological polar surface area (TPSA) is 174 Å². The monoisotopic (exact) mass is 748 g/mol. The van der Waals surface area contributed by atoms with Crippen molar-refractivity contribution in [3.05, 3.63) is 29.0 Å². The van der Waals surface area contributed by atoms with Gasteiger partial charge >= 0.3 is 6.03 Å². The number of hydrogen-bond donors (Lipinski definition) is 4. The zero-order valence-corrected chi connectivity index (χ0v) is 33.1. The Kier molecular flexibility index (Phi) is 11.9. The normalized spacial score (nSPS) is 23.6. The second-order valence-corrected chi connectivity index (χ2v) is 19.7. The maximum Gasteiger partial charge on any atom is 0.315 e. The van der Waals surface area contributed by atoms with Gasteiger partial charge in [0.15, 0.2) is 0 Å². The van der Waals surface area contributed by atoms with Crippen molar-refractivity contribution in [1.29, 1.82) is 0 Å². The Morgan fingerprint density at radius 2 is 1.73 bits per heavy atom. The van der Waals surface area contributed by atoms with E-state index < -0.39 is 74.6 Å². The number of unbranched alkanes of at least 4 members (excludes halogenated alkanes) is 1. The number of likely N-dealkylation sites (tertiary alicyclic amines) is 1. The largest absolute Gasteiger partial charge is 0.346 e. The molecule has 13 nitrogen and oxygen atoms in total. The Hall–Kier alpha value is -3.30. The smallest absolute Gasteiger partial charge is 0.315 e. The molecule has 1 saturated heterocycles. The number of sulfonamides is 1. The van der Waals surface area contributed by atoms with E-state index in [-0.39, 0.29) is 43.3 Å². The molecule has 0 radical (unpaired) electrons. The molecule has 15 heteroatoms. The number of fused-ring (bicyclic) bond motifs is 2. The maximum atomic E-state index is 14.5. The molecule has 1 aliphatic carbocycles. The summed E-state index contributed by atoms with van der Waals surface area (Å²) in [5.41, 5.74) is -1.53. The fraction of sp³-hybridized carbons (Fsp3) is 0.694. The number of Topliss-reactive ketones (excluding diaryl/α,β-unsaturated/α-hetero) is 1. The summed E-state index contributed by atoms with van der Waals surface area (Å²) in [6, 6.07) is -2.62. The highest BCUT2D eigenvalue weighted by Gasteiger charge is 2.70. The first-order valence-corrected chi connectivity index (χ1v) is 20.1. The highest BCUT2D eigenvalue weighted by atomic mass is 32.2. The van der Waals surface area contributed by atoms with Crippen molar-refractivity contribution < 1.29 is 32.4 Å². The van der Waals surface area contributed by atoms with Crippen LogP contribution in [0.25, 0.3) is 0 Å². The van der Waals surface area contributed by atoms with Gasteiger partial charge in [0.05, 0.1) is 10.9 Å². The van der Waals surface area contributed by atoms with Crippen molar-refractivity contribution >= 4 is 50.9 Å². The summed E-state index contributed by atoms with van der Waals surface area (Å²) in [5.74, 6) is -2.61. The molecule has 3 heterocycles. The van der Waals surface area contributed by atoms with Crippen molar-refractivity contribution in [3.8, 4) is 0 Å². The third-order valence-corrected chi connectivity index (χ3v) is 13.6. The minimum Gasteiger partial charge on any atom is -0.346 e. The van der Waals surface area contributed by atoms with E-state index in [9.17, 15) is 32.4 Å². The Labute approximate surface area is 306 Å². The van der Waals surface area contributed by atoms with Crippen LogP contribution in [0.5, 0.6) is 0 Å². The number of nitrogens with one attached hydrogen (secondary N) is 4. The predicted molar refractivity (Wildman–Crippen MR) is 196 cm³/mol. The molecule has 6 atom stereocenters. The van der Waals surface area contributed by atoms with Crippen LogP contribution < -0.4 is 21.3 Å². The van der Waals surface area contributed by atoms with Crippen molar-refractivity contribution in [2.45, 2.75) is 117 Å². The molecule has 51 heavy (non-hydrogen) atoms. The number of thiophene rings is 1. The second kappa shape index (κ2) is 15.0. The number of hydrogen-bond acceptors (Lipinski definition) is 8. The average Bonchev–Trinajstić information content (AvgIpc) is 3.48. The summed E-state index contributed by atoms with van der Waals surface area (Å²) in [6.07, 6.45) is 3.09. The minimum absolute atomic E-state index is 0.0447. The van der Waals surface area contributed by atoms with Gasteiger partial charge in [0.1, 0.15) is 12.1 Å². The van der Waals surface area contributed by atoms with Gasteiger partial charge in [0.2, 0.25) is 27.6 Å². The fourth-order valence-electron chi connectivity index (χ4n) is 7.26. The fourth-order valence-corrected chi connectivity index (χ4v) is 10.2. The lowest BCUT2D eigenvalue weighted by molar-refractivity contribution is -0.145. The van der Waals surface area contributed by atoms with Gasteiger partial charge in [-0.1, -0.05) is 81.2 Å². The number of carbonyl (C=O) groups excluding carboxylic acids is 5. The predicted octanol–water partition coefficient (Wildman–Crippen LogP) is 3.41. The molecule has 4 N–H and O–H groups in total. The molecule has 0 bridgehead atoms. The number of amides is 5. The van der Waals surface area contributed by atoms with Crippen LogP contribution in [-0.2, 0) is 35.7 Å². The summed E-state index contributed by atoms with van der Waals surface area (Å²) in [7, 11) is -3.69. The molecule has 0 spiro atoms. The molecule has 3 aliphatic rings. The van der Waals surface area contributed by atoms with Gasteiger partial charge in [0.25, 0.3) is 5.91 Å². The number of nitrogens with zero attached hydrogens (tertiary/aromatic N) is 2. The first-order valence-electron chi connectivity index (χ1n) is 17.7. The Morgan fingerprint density at radius 1 is 1.06 bits per heavy atom. The van der Waals surface area contributed by atoms with Gasteiger partial charge in [-0.25, -0.2) is 13.2 Å². The van der Waals surface area contributed by atoms with Gasteiger partial charge in [-0.2, -0.15) is 4.31 Å². The van der Waals surface area contributed by atoms with Gasteiger partial charge in [0, 0.05) is 37.1 Å². The molecule has 1 aromatic rings. The zero-order chi connectivity index (χ0) is 38.3. The second-order valence-electron chi connectivity index (χ2n) is 16.8. The lowest BCUT2D eigenvalue weighted by Crippen LogP contribution is -2.62. The van der Waals surface area contributed by atoms with Crippen LogP contribution in [0.3, 0.4) is 0 Å². The number of piperidine rings is 1. The molecule has 1 saturated carbocycles. The van der Waals surface area contributed by atoms with Gasteiger partial charge in [-0.3, -0.25) is 19.2 Å². The molecule has 4 rings (SSSR count). The van der Waals surface area contributed by atoms with Crippen LogP contribution in [0.2, 0.25) is 0 Å². The van der Waals surface area contributed by atoms with Crippen molar-refractivity contribution in [2.75, 3.05) is 19.6 Å². The highest BCUT2D eigenvalue weighted by molar-refractivity contribution is 7.89. The van der Waals surface area contributed by atoms with Gasteiger partial charge < -0.3 is 26.2 Å². The van der Waals surface area contributed by atoms with Crippen molar-refractivity contribution in [3.63, 3.8) is 0 Å². The average molecular weight is 749 g/mol. The van der Waals surface area contributed by atoms with Gasteiger partial charge in [-0.15, -0.1) is 17.9 Å². The van der Waals surface area contributed by atoms with Gasteiger partial charge in [-0.05, 0) is 45.9 Å². The summed E-state index contributed by atoms with van der Waals surface area (Å²) in [6.45, 7) is 21.5. The van der Waals surface area contributed by atoms with E-state index in [1.54, 1.807) is 11.4 Å². The van der Waals surface area contributed by atoms with Crippen LogP contribution in [0.15, 0.2) is 29.0 Å². The van der Waals surface area contributed by atoms with Crippen LogP contribution in [0.4, 0.5) is 4.79 Å². The van der Waals surface area contributed by atoms with E-state index in [0.717, 1.165) is 11.3 Å². The quantitative estimate of drug-likeness (QED) is 0.167. The summed E-state index contributed by atoms with van der Waals surface area (Å²) < 4.78 is 27.8. The zero-order valence-electron chi connectivity index (χ0n) is 31.4. The molecule has 284 valence electrons. The van der Waals surface area contributed by atoms with E-state index >= 15 is 0 Å². The summed E-state index contributed by atoms with van der Waals surface area (Å²) >= 11 is 1.38. The lowest BCUT2D eigenvalue weighted by Gasteiger charge is -2.39. The molecule has 0 aromatic carbocycles. The molecule has 2 fully saturated rings. The molecular weight excluding hydrogens is 693 g/mol. The van der Waals surface area contributed by atoms with Crippen LogP contribution >= 0.6 is 11.3 Å². The van der Waals surface area contributed by atoms with E-state index in [2.05, 4.69) is 27.8 Å². The summed E-state index contributed by atoms with van der Waals surface area (Å²) in [4.78, 5) is 70.5. The van der Waals surface area contributed by atoms with Crippen molar-refractivity contribution in [2.24, 2.45) is 28.1 Å². The first-order chi connectivity index (χ1) is 23.6. The maximum absolute atomic E-state index is 14.5. The molecule has 2 unspecified atom stereocenters.